The lowest BCUT2D eigenvalue weighted by atomic mass is 10.0. The summed E-state index contributed by atoms with van der Waals surface area (Å²) >= 11 is 1.46. The van der Waals surface area contributed by atoms with Gasteiger partial charge >= 0.3 is 5.97 Å². The number of benzene rings is 1. The molecule has 2 aromatic rings. The molecule has 2 nitrogen and oxygen atoms in total. The Bertz CT molecular complexity index is 552. The molecule has 0 aliphatic rings. The van der Waals surface area contributed by atoms with Crippen LogP contribution in [0.25, 0.3) is 10.4 Å². The van der Waals surface area contributed by atoms with Crippen LogP contribution < -0.4 is 0 Å². The summed E-state index contributed by atoms with van der Waals surface area (Å²) < 4.78 is 4.72. The molecule has 0 amide bonds. The van der Waals surface area contributed by atoms with Crippen LogP contribution in [0.2, 0.25) is 0 Å². The third kappa shape index (κ3) is 3.44. The zero-order chi connectivity index (χ0) is 13.8. The summed E-state index contributed by atoms with van der Waals surface area (Å²) in [6.07, 6.45) is 1.10. The molecule has 100 valence electrons. The van der Waals surface area contributed by atoms with Crippen molar-refractivity contribution in [3.8, 4) is 10.4 Å². The van der Waals surface area contributed by atoms with Crippen molar-refractivity contribution in [2.24, 2.45) is 5.92 Å². The van der Waals surface area contributed by atoms with Gasteiger partial charge in [0.1, 0.15) is 4.88 Å². The van der Waals surface area contributed by atoms with Gasteiger partial charge in [0.15, 0.2) is 0 Å². The van der Waals surface area contributed by atoms with Gasteiger partial charge in [0.2, 0.25) is 0 Å². The zero-order valence-electron chi connectivity index (χ0n) is 11.5. The van der Waals surface area contributed by atoms with Crippen LogP contribution in [0.1, 0.15) is 29.1 Å². The number of carbonyl (C=O) groups excluding carboxylic acids is 1. The van der Waals surface area contributed by atoms with E-state index in [9.17, 15) is 4.79 Å². The summed E-state index contributed by atoms with van der Waals surface area (Å²) in [6, 6.07) is 12.3. The van der Waals surface area contributed by atoms with E-state index in [2.05, 4.69) is 38.1 Å². The fourth-order valence-electron chi connectivity index (χ4n) is 1.98. The number of methoxy groups -OCH3 is 1. The van der Waals surface area contributed by atoms with E-state index < -0.39 is 0 Å². The highest BCUT2D eigenvalue weighted by Crippen LogP contribution is 2.29. The number of hydrogen-bond donors (Lipinski definition) is 0. The normalized spacial score (nSPS) is 10.7. The van der Waals surface area contributed by atoms with Crippen molar-refractivity contribution in [3.05, 3.63) is 46.8 Å². The highest BCUT2D eigenvalue weighted by atomic mass is 32.1. The molecule has 0 aliphatic heterocycles. The molecule has 0 aliphatic carbocycles. The fraction of sp³-hybridized carbons (Fsp3) is 0.312. The number of thiophene rings is 1. The van der Waals surface area contributed by atoms with Crippen LogP contribution in [-0.4, -0.2) is 13.1 Å². The van der Waals surface area contributed by atoms with E-state index in [1.54, 1.807) is 0 Å². The van der Waals surface area contributed by atoms with Crippen molar-refractivity contribution in [1.82, 2.24) is 0 Å². The minimum atomic E-state index is -0.271. The molecule has 3 heteroatoms. The Morgan fingerprint density at radius 1 is 1.16 bits per heavy atom. The number of hydrogen-bond acceptors (Lipinski definition) is 3. The highest BCUT2D eigenvalue weighted by molar-refractivity contribution is 7.17. The molecule has 0 N–H and O–H groups in total. The van der Waals surface area contributed by atoms with E-state index in [1.165, 1.54) is 24.0 Å². The Labute approximate surface area is 118 Å². The molecule has 1 aromatic carbocycles. The van der Waals surface area contributed by atoms with Gasteiger partial charge in [-0.05, 0) is 35.6 Å². The van der Waals surface area contributed by atoms with E-state index in [0.29, 0.717) is 10.8 Å². The SMILES string of the molecule is COC(=O)c1ccc(-c2ccc(CC(C)C)cc2)s1. The van der Waals surface area contributed by atoms with Gasteiger partial charge in [-0.25, -0.2) is 4.79 Å². The Hall–Kier alpha value is -1.61. The second-order valence-corrected chi connectivity index (χ2v) is 6.03. The molecular formula is C16H18O2S. The van der Waals surface area contributed by atoms with Crippen molar-refractivity contribution in [3.63, 3.8) is 0 Å². The highest BCUT2D eigenvalue weighted by Gasteiger charge is 2.10. The Balaban J connectivity index is 2.18. The predicted octanol–water partition coefficient (Wildman–Crippen LogP) is 4.40. The maximum absolute atomic E-state index is 11.4. The number of ether oxygens (including phenoxy) is 1. The van der Waals surface area contributed by atoms with Crippen LogP contribution in [0.3, 0.4) is 0 Å². The maximum Gasteiger partial charge on any atom is 0.348 e. The Morgan fingerprint density at radius 3 is 2.42 bits per heavy atom. The summed E-state index contributed by atoms with van der Waals surface area (Å²) in [5, 5.41) is 0. The molecule has 0 unspecified atom stereocenters. The van der Waals surface area contributed by atoms with Gasteiger partial charge in [-0.3, -0.25) is 0 Å². The quantitative estimate of drug-likeness (QED) is 0.772. The molecule has 0 bridgehead atoms. The van der Waals surface area contributed by atoms with Gasteiger partial charge in [-0.2, -0.15) is 0 Å². The largest absolute Gasteiger partial charge is 0.465 e. The van der Waals surface area contributed by atoms with Crippen molar-refractivity contribution < 1.29 is 9.53 Å². The molecule has 1 aromatic heterocycles. The summed E-state index contributed by atoms with van der Waals surface area (Å²) in [7, 11) is 1.41. The van der Waals surface area contributed by atoms with Crippen LogP contribution in [0.4, 0.5) is 0 Å². The number of rotatable bonds is 4. The van der Waals surface area contributed by atoms with Gasteiger partial charge in [0, 0.05) is 4.88 Å². The first-order chi connectivity index (χ1) is 9.10. The monoisotopic (exact) mass is 274 g/mol. The lowest BCUT2D eigenvalue weighted by molar-refractivity contribution is 0.0606. The third-order valence-corrected chi connectivity index (χ3v) is 3.99. The standard InChI is InChI=1S/C16H18O2S/c1-11(2)10-12-4-6-13(7-5-12)14-8-9-15(19-14)16(17)18-3/h4-9,11H,10H2,1-3H3. The second-order valence-electron chi connectivity index (χ2n) is 4.95. The van der Waals surface area contributed by atoms with E-state index in [-0.39, 0.29) is 5.97 Å². The first kappa shape index (κ1) is 13.8. The summed E-state index contributed by atoms with van der Waals surface area (Å²) in [6.45, 7) is 4.44. The Kier molecular flexibility index (Phi) is 4.38. The number of carbonyl (C=O) groups is 1. The first-order valence-electron chi connectivity index (χ1n) is 6.37. The van der Waals surface area contributed by atoms with Crippen molar-refractivity contribution >= 4 is 17.3 Å². The lowest BCUT2D eigenvalue weighted by Crippen LogP contribution is -1.96. The van der Waals surface area contributed by atoms with Crippen molar-refractivity contribution in [2.45, 2.75) is 20.3 Å². The average Bonchev–Trinajstić information content (AvgIpc) is 2.87. The van der Waals surface area contributed by atoms with Crippen LogP contribution in [0.15, 0.2) is 36.4 Å². The van der Waals surface area contributed by atoms with Crippen LogP contribution in [-0.2, 0) is 11.2 Å². The minimum Gasteiger partial charge on any atom is -0.465 e. The number of esters is 1. The molecule has 19 heavy (non-hydrogen) atoms. The van der Waals surface area contributed by atoms with Gasteiger partial charge in [0.25, 0.3) is 0 Å². The summed E-state index contributed by atoms with van der Waals surface area (Å²) in [4.78, 5) is 13.2. The van der Waals surface area contributed by atoms with Gasteiger partial charge in [-0.1, -0.05) is 38.1 Å². The van der Waals surface area contributed by atoms with E-state index in [4.69, 9.17) is 4.74 Å². The molecule has 0 fully saturated rings. The summed E-state index contributed by atoms with van der Waals surface area (Å²) in [5.41, 5.74) is 2.50. The molecule has 2 rings (SSSR count). The third-order valence-electron chi connectivity index (χ3n) is 2.87. The van der Waals surface area contributed by atoms with Gasteiger partial charge in [0.05, 0.1) is 7.11 Å². The molecule has 0 saturated heterocycles. The molecule has 0 saturated carbocycles. The van der Waals surface area contributed by atoms with Crippen LogP contribution in [0.5, 0.6) is 0 Å². The maximum atomic E-state index is 11.4. The topological polar surface area (TPSA) is 26.3 Å². The lowest BCUT2D eigenvalue weighted by Gasteiger charge is -2.05. The molecular weight excluding hydrogens is 256 g/mol. The first-order valence-corrected chi connectivity index (χ1v) is 7.19. The average molecular weight is 274 g/mol. The van der Waals surface area contributed by atoms with Crippen molar-refractivity contribution in [1.29, 1.82) is 0 Å². The smallest absolute Gasteiger partial charge is 0.348 e. The van der Waals surface area contributed by atoms with Crippen molar-refractivity contribution in [2.75, 3.05) is 7.11 Å². The molecule has 0 radical (unpaired) electrons. The Morgan fingerprint density at radius 2 is 1.84 bits per heavy atom. The van der Waals surface area contributed by atoms with Gasteiger partial charge < -0.3 is 4.74 Å². The van der Waals surface area contributed by atoms with Crippen LogP contribution >= 0.6 is 11.3 Å². The van der Waals surface area contributed by atoms with E-state index >= 15 is 0 Å². The molecule has 0 spiro atoms. The van der Waals surface area contributed by atoms with Gasteiger partial charge in [-0.15, -0.1) is 11.3 Å². The van der Waals surface area contributed by atoms with E-state index in [1.807, 2.05) is 12.1 Å². The molecule has 0 atom stereocenters. The summed E-state index contributed by atoms with van der Waals surface area (Å²) in [5.74, 6) is 0.395. The van der Waals surface area contributed by atoms with E-state index in [0.717, 1.165) is 16.9 Å². The molecule has 1 heterocycles. The predicted molar refractivity (Wildman–Crippen MR) is 79.6 cm³/mol. The fourth-order valence-corrected chi connectivity index (χ4v) is 2.91. The minimum absolute atomic E-state index is 0.271. The zero-order valence-corrected chi connectivity index (χ0v) is 12.3. The second kappa shape index (κ2) is 6.02. The van der Waals surface area contributed by atoms with Crippen LogP contribution in [0, 0.1) is 5.92 Å².